The lowest BCUT2D eigenvalue weighted by Gasteiger charge is -2.22. The van der Waals surface area contributed by atoms with Crippen LogP contribution in [0.2, 0.25) is 0 Å². The van der Waals surface area contributed by atoms with Crippen LogP contribution in [0.3, 0.4) is 0 Å². The summed E-state index contributed by atoms with van der Waals surface area (Å²) in [6, 6.07) is 0.529. The molecule has 0 aromatic carbocycles. The standard InChI is InChI=1S/C13H27NO/c1-10(2)8-11(3)14-9-13(15)12-6-4-5-7-12/h10-15H,4-9H2,1-3H3. The van der Waals surface area contributed by atoms with Crippen LogP contribution in [0.1, 0.15) is 52.9 Å². The average molecular weight is 213 g/mol. The lowest BCUT2D eigenvalue weighted by Crippen LogP contribution is -2.37. The average Bonchev–Trinajstić information content (AvgIpc) is 2.65. The van der Waals surface area contributed by atoms with Crippen LogP contribution in [0, 0.1) is 11.8 Å². The molecule has 15 heavy (non-hydrogen) atoms. The van der Waals surface area contributed by atoms with Gasteiger partial charge in [-0.25, -0.2) is 0 Å². The van der Waals surface area contributed by atoms with Crippen LogP contribution in [0.25, 0.3) is 0 Å². The largest absolute Gasteiger partial charge is 0.392 e. The third-order valence-corrected chi connectivity index (χ3v) is 3.44. The van der Waals surface area contributed by atoms with Crippen molar-refractivity contribution in [3.8, 4) is 0 Å². The minimum atomic E-state index is -0.123. The molecular weight excluding hydrogens is 186 g/mol. The summed E-state index contributed by atoms with van der Waals surface area (Å²) in [5, 5.41) is 13.4. The van der Waals surface area contributed by atoms with Crippen molar-refractivity contribution in [2.45, 2.75) is 65.0 Å². The predicted molar refractivity (Wildman–Crippen MR) is 64.9 cm³/mol. The minimum absolute atomic E-state index is 0.123. The second-order valence-electron chi connectivity index (χ2n) is 5.55. The van der Waals surface area contributed by atoms with E-state index in [2.05, 4.69) is 26.1 Å². The first-order valence-electron chi connectivity index (χ1n) is 6.51. The maximum absolute atomic E-state index is 9.97. The molecule has 0 aliphatic heterocycles. The second-order valence-corrected chi connectivity index (χ2v) is 5.55. The molecule has 0 spiro atoms. The van der Waals surface area contributed by atoms with Gasteiger partial charge < -0.3 is 10.4 Å². The number of hydrogen-bond acceptors (Lipinski definition) is 2. The van der Waals surface area contributed by atoms with Crippen molar-refractivity contribution in [3.05, 3.63) is 0 Å². The molecule has 0 radical (unpaired) electrons. The molecule has 2 nitrogen and oxygen atoms in total. The molecule has 2 heteroatoms. The summed E-state index contributed by atoms with van der Waals surface area (Å²) in [7, 11) is 0. The van der Waals surface area contributed by atoms with Gasteiger partial charge in [0.25, 0.3) is 0 Å². The van der Waals surface area contributed by atoms with E-state index in [9.17, 15) is 5.11 Å². The number of aliphatic hydroxyl groups is 1. The van der Waals surface area contributed by atoms with Crippen molar-refractivity contribution in [2.24, 2.45) is 11.8 Å². The van der Waals surface area contributed by atoms with Gasteiger partial charge in [0, 0.05) is 12.6 Å². The zero-order valence-electron chi connectivity index (χ0n) is 10.5. The van der Waals surface area contributed by atoms with Gasteiger partial charge in [0.2, 0.25) is 0 Å². The molecule has 90 valence electrons. The van der Waals surface area contributed by atoms with Gasteiger partial charge in [0.15, 0.2) is 0 Å². The van der Waals surface area contributed by atoms with Gasteiger partial charge >= 0.3 is 0 Å². The molecule has 2 atom stereocenters. The van der Waals surface area contributed by atoms with Crippen molar-refractivity contribution >= 4 is 0 Å². The summed E-state index contributed by atoms with van der Waals surface area (Å²) in [6.45, 7) is 7.47. The first-order chi connectivity index (χ1) is 7.09. The third-order valence-electron chi connectivity index (χ3n) is 3.44. The van der Waals surface area contributed by atoms with Crippen molar-refractivity contribution in [1.82, 2.24) is 5.32 Å². The van der Waals surface area contributed by atoms with Crippen LogP contribution in [0.5, 0.6) is 0 Å². The van der Waals surface area contributed by atoms with Crippen LogP contribution in [0.4, 0.5) is 0 Å². The normalized spacial score (nSPS) is 22.2. The van der Waals surface area contributed by atoms with E-state index < -0.39 is 0 Å². The summed E-state index contributed by atoms with van der Waals surface area (Å²) in [5.74, 6) is 1.29. The molecular formula is C13H27NO. The number of hydrogen-bond donors (Lipinski definition) is 2. The van der Waals surface area contributed by atoms with E-state index >= 15 is 0 Å². The molecule has 0 amide bonds. The number of rotatable bonds is 6. The van der Waals surface area contributed by atoms with Gasteiger partial charge in [-0.15, -0.1) is 0 Å². The number of aliphatic hydroxyl groups excluding tert-OH is 1. The highest BCUT2D eigenvalue weighted by Gasteiger charge is 2.23. The van der Waals surface area contributed by atoms with Gasteiger partial charge in [0.1, 0.15) is 0 Å². The van der Waals surface area contributed by atoms with Crippen molar-refractivity contribution in [3.63, 3.8) is 0 Å². The summed E-state index contributed by atoms with van der Waals surface area (Å²) in [6.07, 6.45) is 6.13. The van der Waals surface area contributed by atoms with Crippen LogP contribution in [-0.4, -0.2) is 23.8 Å². The number of nitrogens with one attached hydrogen (secondary N) is 1. The Labute approximate surface area is 94.5 Å². The zero-order valence-corrected chi connectivity index (χ0v) is 10.5. The summed E-state index contributed by atoms with van der Waals surface area (Å²) in [4.78, 5) is 0. The first kappa shape index (κ1) is 13.0. The molecule has 1 saturated carbocycles. The Hall–Kier alpha value is -0.0800. The molecule has 1 fully saturated rings. The lowest BCUT2D eigenvalue weighted by molar-refractivity contribution is 0.106. The van der Waals surface area contributed by atoms with Crippen molar-refractivity contribution in [2.75, 3.05) is 6.54 Å². The van der Waals surface area contributed by atoms with Crippen molar-refractivity contribution < 1.29 is 5.11 Å². The second kappa shape index (κ2) is 6.49. The van der Waals surface area contributed by atoms with Crippen molar-refractivity contribution in [1.29, 1.82) is 0 Å². The molecule has 2 N–H and O–H groups in total. The monoisotopic (exact) mass is 213 g/mol. The fraction of sp³-hybridized carbons (Fsp3) is 1.00. The molecule has 0 aromatic heterocycles. The van der Waals surface area contributed by atoms with E-state index in [4.69, 9.17) is 0 Å². The molecule has 0 bridgehead atoms. The Kier molecular flexibility index (Phi) is 5.62. The highest BCUT2D eigenvalue weighted by Crippen LogP contribution is 2.27. The van der Waals surface area contributed by atoms with E-state index in [0.717, 1.165) is 12.5 Å². The van der Waals surface area contributed by atoms with Gasteiger partial charge in [-0.05, 0) is 38.0 Å². The Morgan fingerprint density at radius 3 is 2.33 bits per heavy atom. The smallest absolute Gasteiger partial charge is 0.0692 e. The minimum Gasteiger partial charge on any atom is -0.392 e. The Bertz CT molecular complexity index is 164. The third kappa shape index (κ3) is 4.98. The molecule has 0 heterocycles. The molecule has 0 aromatic rings. The molecule has 1 aliphatic rings. The fourth-order valence-electron chi connectivity index (χ4n) is 2.62. The lowest BCUT2D eigenvalue weighted by atomic mass is 10.00. The van der Waals surface area contributed by atoms with Gasteiger partial charge in [-0.1, -0.05) is 26.7 Å². The van der Waals surface area contributed by atoms with Crippen LogP contribution >= 0.6 is 0 Å². The zero-order chi connectivity index (χ0) is 11.3. The Morgan fingerprint density at radius 2 is 1.80 bits per heavy atom. The highest BCUT2D eigenvalue weighted by atomic mass is 16.3. The van der Waals surface area contributed by atoms with E-state index in [1.807, 2.05) is 0 Å². The summed E-state index contributed by atoms with van der Waals surface area (Å²) >= 11 is 0. The molecule has 1 rings (SSSR count). The maximum atomic E-state index is 9.97. The SMILES string of the molecule is CC(C)CC(C)NCC(O)C1CCCC1. The van der Waals surface area contributed by atoms with Crippen LogP contribution in [0.15, 0.2) is 0 Å². The van der Waals surface area contributed by atoms with E-state index in [1.54, 1.807) is 0 Å². The highest BCUT2D eigenvalue weighted by molar-refractivity contribution is 4.77. The Balaban J connectivity index is 2.12. The topological polar surface area (TPSA) is 32.3 Å². The van der Waals surface area contributed by atoms with Gasteiger partial charge in [-0.3, -0.25) is 0 Å². The van der Waals surface area contributed by atoms with Gasteiger partial charge in [0.05, 0.1) is 6.10 Å². The van der Waals surface area contributed by atoms with E-state index in [0.29, 0.717) is 12.0 Å². The van der Waals surface area contributed by atoms with Crippen LogP contribution in [-0.2, 0) is 0 Å². The predicted octanol–water partition coefficient (Wildman–Crippen LogP) is 2.56. The Morgan fingerprint density at radius 1 is 1.20 bits per heavy atom. The van der Waals surface area contributed by atoms with Crippen LogP contribution < -0.4 is 5.32 Å². The van der Waals surface area contributed by atoms with E-state index in [1.165, 1.54) is 32.1 Å². The molecule has 2 unspecified atom stereocenters. The maximum Gasteiger partial charge on any atom is 0.0692 e. The molecule has 0 saturated heterocycles. The summed E-state index contributed by atoms with van der Waals surface area (Å²) < 4.78 is 0. The van der Waals surface area contributed by atoms with E-state index in [-0.39, 0.29) is 6.10 Å². The van der Waals surface area contributed by atoms with Gasteiger partial charge in [-0.2, -0.15) is 0 Å². The quantitative estimate of drug-likeness (QED) is 0.711. The summed E-state index contributed by atoms with van der Waals surface area (Å²) in [5.41, 5.74) is 0. The molecule has 1 aliphatic carbocycles. The first-order valence-corrected chi connectivity index (χ1v) is 6.51. The fourth-order valence-corrected chi connectivity index (χ4v) is 2.62.